The number of aromatic nitrogens is 4. The van der Waals surface area contributed by atoms with Gasteiger partial charge in [0.2, 0.25) is 98.6 Å². The first-order valence-electron chi connectivity index (χ1n) is 48.5. The molecule has 6 aromatic rings. The van der Waals surface area contributed by atoms with Crippen LogP contribution in [0, 0.1) is 5.92 Å². The average Bonchev–Trinajstić information content (AvgIpc) is 1.63. The number of sulfonamides is 1. The van der Waals surface area contributed by atoms with Crippen LogP contribution in [0.5, 0.6) is 5.75 Å². The molecule has 16 amide bonds. The second kappa shape index (κ2) is 51.6. The number of aliphatic hydroxyl groups is 1. The van der Waals surface area contributed by atoms with Gasteiger partial charge in [-0.2, -0.15) is 0 Å². The fourth-order valence-electron chi connectivity index (χ4n) is 18.8. The van der Waals surface area contributed by atoms with E-state index in [-0.39, 0.29) is 89.0 Å². The third kappa shape index (κ3) is 30.3. The number of hydrogen-bond donors (Lipinski definition) is 17. The van der Waals surface area contributed by atoms with Gasteiger partial charge >= 0.3 is 11.9 Å². The first-order chi connectivity index (χ1) is 68.3. The molecular weight excluding hydrogens is 1910 g/mol. The molecule has 0 aliphatic carbocycles. The second-order valence-electron chi connectivity index (χ2n) is 38.1. The van der Waals surface area contributed by atoms with Gasteiger partial charge in [0.25, 0.3) is 5.91 Å². The number of aliphatic hydroxyl groups excluding tert-OH is 1. The summed E-state index contributed by atoms with van der Waals surface area (Å²) in [6.45, 7) is 8.47. The van der Waals surface area contributed by atoms with Crippen molar-refractivity contribution in [2.45, 2.75) is 278 Å². The minimum absolute atomic E-state index is 0.00563. The Balaban J connectivity index is 1.05. The molecule has 7 heterocycles. The first kappa shape index (κ1) is 112. The van der Waals surface area contributed by atoms with Gasteiger partial charge in [0.1, 0.15) is 96.9 Å². The molecule has 4 aliphatic rings. The van der Waals surface area contributed by atoms with Crippen LogP contribution in [0.4, 0.5) is 0 Å². The Bertz CT molecular complexity index is 5760. The van der Waals surface area contributed by atoms with Crippen molar-refractivity contribution < 1.29 is 115 Å². The number of ether oxygens (including phenoxy) is 1. The summed E-state index contributed by atoms with van der Waals surface area (Å²) in [5.41, 5.74) is 14.8. The lowest BCUT2D eigenvalue weighted by Gasteiger charge is -2.38. The van der Waals surface area contributed by atoms with E-state index in [0.717, 1.165) is 37.6 Å². The summed E-state index contributed by atoms with van der Waals surface area (Å²) in [4.78, 5) is 283. The molecule has 45 nitrogen and oxygen atoms in total. The van der Waals surface area contributed by atoms with Gasteiger partial charge < -0.3 is 118 Å². The highest BCUT2D eigenvalue weighted by Crippen LogP contribution is 2.33. The molecule has 3 aromatic carbocycles. The van der Waals surface area contributed by atoms with Crippen molar-refractivity contribution in [3.63, 3.8) is 0 Å². The van der Waals surface area contributed by atoms with E-state index in [1.165, 1.54) is 63.2 Å². The minimum atomic E-state index is -4.08. The number of carbonyl (C=O) groups is 18. The summed E-state index contributed by atoms with van der Waals surface area (Å²) in [6.07, 6.45) is 2.21. The summed E-state index contributed by atoms with van der Waals surface area (Å²) < 4.78 is 32.0. The van der Waals surface area contributed by atoms with Gasteiger partial charge in [-0.15, -0.1) is 11.8 Å². The number of piperidine rings is 1. The topological polar surface area (TPSA) is 649 Å². The molecule has 10 rings (SSSR count). The molecule has 0 radical (unpaired) electrons. The van der Waals surface area contributed by atoms with E-state index in [4.69, 9.17) is 16.2 Å². The smallest absolute Gasteiger partial charge is 0.305 e. The van der Waals surface area contributed by atoms with Crippen molar-refractivity contribution in [2.75, 3.05) is 59.4 Å². The highest BCUT2D eigenvalue weighted by Gasteiger charge is 2.48. The van der Waals surface area contributed by atoms with Crippen LogP contribution in [0.3, 0.4) is 0 Å². The van der Waals surface area contributed by atoms with Gasteiger partial charge in [0.05, 0.1) is 38.0 Å². The SMILES string of the molecule is CCCC[C@H]1C(=O)N(C)[C@@H](CCCC)C(=O)N[C@@H](CC(C)C)C(=O)N[C@H](C(N)=O)C(C)(C)SCC(=O)N[C@@H](Cc2ccc(OC)cc2)C(=O)N2CCCC[C@H]2C(=O)N[C@@H](CC(=O)O)C(=O)N2CCC[C@H]2C(=O)N[C@@H](Cc2cnc[nH]2)C(=O)N[C@@H](CCC(=O)O)C(=O)N2C[C@H](O)C[C@H]2C(=O)N[C@@H](Cc2c[nH]c3ccccc23)C(=O)N[C@@H](CCN)C(=O)N[C@@H](Cc2cn(CC(=O)NS(C)(=O)=O)c3ccccc23)C(=O)N1C. The number of imidazole rings is 1. The van der Waals surface area contributed by atoms with Crippen molar-refractivity contribution in [1.29, 1.82) is 0 Å². The number of likely N-dealkylation sites (N-methyl/N-ethyl adjacent to an activating group) is 2. The van der Waals surface area contributed by atoms with Crippen LogP contribution >= 0.6 is 11.8 Å². The van der Waals surface area contributed by atoms with Crippen LogP contribution < -0.4 is 68.8 Å². The van der Waals surface area contributed by atoms with Crippen LogP contribution in [0.25, 0.3) is 21.8 Å². The Labute approximate surface area is 838 Å². The number of unbranched alkanes of at least 4 members (excludes halogenated alkanes) is 2. The molecule has 784 valence electrons. The van der Waals surface area contributed by atoms with E-state index in [0.29, 0.717) is 82.8 Å². The lowest BCUT2D eigenvalue weighted by atomic mass is 9.97. The highest BCUT2D eigenvalue weighted by molar-refractivity contribution is 8.01. The Morgan fingerprint density at radius 2 is 1.12 bits per heavy atom. The van der Waals surface area contributed by atoms with E-state index in [2.05, 4.69) is 62.8 Å². The number of carboxylic acids is 2. The van der Waals surface area contributed by atoms with Crippen LogP contribution in [-0.2, 0) is 129 Å². The second-order valence-corrected chi connectivity index (χ2v) is 41.4. The first-order valence-corrected chi connectivity index (χ1v) is 51.3. The van der Waals surface area contributed by atoms with Crippen molar-refractivity contribution in [1.82, 2.24) is 96.6 Å². The molecule has 47 heteroatoms. The number of para-hydroxylation sites is 2. The number of thioether (sulfide) groups is 1. The average molecular weight is 2040 g/mol. The number of methoxy groups -OCH3 is 1. The van der Waals surface area contributed by atoms with Gasteiger partial charge in [-0.25, -0.2) is 13.4 Å². The Hall–Kier alpha value is -13.6. The number of nitrogens with one attached hydrogen (secondary N) is 12. The molecule has 144 heavy (non-hydrogen) atoms. The molecule has 4 fully saturated rings. The lowest BCUT2D eigenvalue weighted by Crippen LogP contribution is -2.62. The van der Waals surface area contributed by atoms with Gasteiger partial charge in [-0.3, -0.25) is 91.0 Å². The van der Waals surface area contributed by atoms with Gasteiger partial charge in [-0.1, -0.05) is 102 Å². The standard InChI is InChI=1S/C97H135N21O24S2/c1-11-13-25-73-88(131)106-66(40-54(3)4)87(130)111-82(83(99)126)97(5,6)143-52-79(121)103-69(41-55-30-32-60(142-9)33-31-55)94(137)116-38-20-19-28-74(116)90(133)110-71(46-81(124)125)95(138)117-39-21-29-75(117)89(132)108-68(44-58-48-100-53-102-58)86(129)105-65(34-35-80(122)123)93(136)118-50-59(119)45-77(118)91(134)107-67(42-56-47-101-63-24-17-15-22-61(56)63)85(128)104-64(36-37-98)84(127)109-70(92(135)114(8)76(26-14-12-2)96(139)113(73)7)43-57-49-115(51-78(120)112-144(10,140)141)72-27-18-16-23-62(57)72/h15-18,22-24,27,30-33,47-49,53-54,59,64-71,73-77,82,101,119H,11-14,19-21,25-26,28-29,34-46,50-52,98H2,1-10H3,(H2,99,126)(H,100,102)(H,103,121)(H,104,128)(H,105,129)(H,106,131)(H,107,134)(H,108,132)(H,109,127)(H,110,133)(H,111,130)(H,112,120)(H,122,123)(H,124,125)/t59-,64+,65+,66+,67+,68+,69+,70+,71+,73+,74+,75+,76+,77+,82-/m1/s1. The monoisotopic (exact) mass is 2040 g/mol. The number of benzene rings is 3. The number of primary amides is 1. The number of fused-ring (bicyclic) bond motifs is 5. The zero-order valence-corrected chi connectivity index (χ0v) is 84.2. The third-order valence-corrected chi connectivity index (χ3v) is 28.3. The lowest BCUT2D eigenvalue weighted by molar-refractivity contribution is -0.149. The maximum absolute atomic E-state index is 16.1. The number of aromatic amines is 2. The number of hydrogen-bond acceptors (Lipinski definition) is 25. The maximum atomic E-state index is 16.1. The van der Waals surface area contributed by atoms with E-state index in [9.17, 15) is 47.7 Å². The predicted octanol–water partition coefficient (Wildman–Crippen LogP) is -0.323. The van der Waals surface area contributed by atoms with Gasteiger partial charge in [0, 0.05) is 123 Å². The zero-order valence-electron chi connectivity index (χ0n) is 82.6. The summed E-state index contributed by atoms with van der Waals surface area (Å²) in [7, 11) is 0.0325. The van der Waals surface area contributed by atoms with Crippen LogP contribution in [0.1, 0.15) is 173 Å². The quantitative estimate of drug-likeness (QED) is 0.0299. The number of nitrogens with two attached hydrogens (primary N) is 2. The number of carbonyl (C=O) groups excluding carboxylic acids is 16. The van der Waals surface area contributed by atoms with E-state index >= 15 is 62.3 Å². The van der Waals surface area contributed by atoms with E-state index < -0.39 is 269 Å². The molecule has 0 spiro atoms. The fraction of sp³-hybridized carbons (Fsp3) is 0.557. The zero-order chi connectivity index (χ0) is 105. The molecule has 4 saturated heterocycles. The number of amides is 16. The number of rotatable bonds is 28. The minimum Gasteiger partial charge on any atom is -0.497 e. The number of nitrogens with zero attached hydrogens (tertiary/aromatic N) is 7. The van der Waals surface area contributed by atoms with Crippen molar-refractivity contribution in [3.05, 3.63) is 120 Å². The Morgan fingerprint density at radius 3 is 1.74 bits per heavy atom. The molecule has 15 atom stereocenters. The van der Waals surface area contributed by atoms with Crippen LogP contribution in [0.15, 0.2) is 97.7 Å². The number of H-pyrrole nitrogens is 2. The summed E-state index contributed by atoms with van der Waals surface area (Å²) in [5, 5.41) is 57.5. The third-order valence-electron chi connectivity index (χ3n) is 26.3. The molecular formula is C97H135N21O24S2. The summed E-state index contributed by atoms with van der Waals surface area (Å²) >= 11 is 0.860. The largest absolute Gasteiger partial charge is 0.497 e. The molecule has 0 saturated carbocycles. The molecule has 19 N–H and O–H groups in total. The Morgan fingerprint density at radius 1 is 0.576 bits per heavy atom. The van der Waals surface area contributed by atoms with Gasteiger partial charge in [-0.05, 0) is 131 Å². The van der Waals surface area contributed by atoms with E-state index in [1.807, 2.05) is 18.6 Å². The van der Waals surface area contributed by atoms with Crippen molar-refractivity contribution in [3.8, 4) is 5.75 Å². The summed E-state index contributed by atoms with van der Waals surface area (Å²) in [6, 6.07) is -2.58. The van der Waals surface area contributed by atoms with Crippen LogP contribution in [0.2, 0.25) is 0 Å². The maximum Gasteiger partial charge on any atom is 0.305 e. The highest BCUT2D eigenvalue weighted by atomic mass is 32.2. The Kier molecular flexibility index (Phi) is 40.3. The van der Waals surface area contributed by atoms with E-state index in [1.54, 1.807) is 92.8 Å². The molecule has 3 aromatic heterocycles. The van der Waals surface area contributed by atoms with Gasteiger partial charge in [0.15, 0.2) is 0 Å². The predicted molar refractivity (Wildman–Crippen MR) is 527 cm³/mol. The number of carboxylic acid groups (broad SMARTS) is 2. The fourth-order valence-corrected chi connectivity index (χ4v) is 20.2. The van der Waals surface area contributed by atoms with Crippen molar-refractivity contribution >= 4 is 150 Å². The molecule has 0 bridgehead atoms. The number of aliphatic carboxylic acids is 2. The summed E-state index contributed by atoms with van der Waals surface area (Å²) in [5.74, 6) is -18.9. The van der Waals surface area contributed by atoms with Crippen molar-refractivity contribution in [2.24, 2.45) is 17.4 Å². The van der Waals surface area contributed by atoms with Crippen LogP contribution in [-0.4, -0.2) is 329 Å². The normalized spacial score (nSPS) is 24.9. The molecule has 0 unspecified atom stereocenters. The molecule has 4 aliphatic heterocycles.